The van der Waals surface area contributed by atoms with Crippen molar-refractivity contribution in [3.05, 3.63) is 59.2 Å². The van der Waals surface area contributed by atoms with Crippen molar-refractivity contribution in [2.45, 2.75) is 24.7 Å². The number of hydrogen-bond acceptors (Lipinski definition) is 6. The van der Waals surface area contributed by atoms with E-state index in [9.17, 15) is 14.4 Å². The molecular weight excluding hydrogens is 362 g/mol. The Labute approximate surface area is 161 Å². The lowest BCUT2D eigenvalue weighted by atomic mass is 9.64. The van der Waals surface area contributed by atoms with Crippen LogP contribution in [-0.4, -0.2) is 37.1 Å². The van der Waals surface area contributed by atoms with Crippen molar-refractivity contribution < 1.29 is 28.7 Å². The third-order valence-corrected chi connectivity index (χ3v) is 5.46. The maximum atomic E-state index is 13.1. The van der Waals surface area contributed by atoms with Gasteiger partial charge in [0.15, 0.2) is 11.5 Å². The molecule has 0 bridgehead atoms. The van der Waals surface area contributed by atoms with Crippen molar-refractivity contribution in [1.82, 2.24) is 5.06 Å². The van der Waals surface area contributed by atoms with Crippen LogP contribution in [0.1, 0.15) is 45.5 Å². The maximum Gasteiger partial charge on any atom is 0.343 e. The summed E-state index contributed by atoms with van der Waals surface area (Å²) in [7, 11) is 3.05. The number of rotatable bonds is 5. The quantitative estimate of drug-likeness (QED) is 0.741. The molecule has 1 aliphatic carbocycles. The number of carbonyl (C=O) groups is 3. The number of nitrogens with zero attached hydrogens (tertiary/aromatic N) is 1. The summed E-state index contributed by atoms with van der Waals surface area (Å²) in [5.41, 5.74) is 0.246. The van der Waals surface area contributed by atoms with Crippen LogP contribution in [0.15, 0.2) is 42.5 Å². The average Bonchev–Trinajstić information content (AvgIpc) is 2.92. The lowest BCUT2D eigenvalue weighted by Gasteiger charge is -2.40. The summed E-state index contributed by atoms with van der Waals surface area (Å²) in [6.45, 7) is 0. The molecule has 4 rings (SSSR count). The first-order valence-corrected chi connectivity index (χ1v) is 8.94. The number of ether oxygens (including phenoxy) is 2. The van der Waals surface area contributed by atoms with Crippen LogP contribution in [0.5, 0.6) is 11.5 Å². The largest absolute Gasteiger partial charge is 0.493 e. The molecule has 0 atom stereocenters. The van der Waals surface area contributed by atoms with Gasteiger partial charge in [0.05, 0.1) is 30.8 Å². The van der Waals surface area contributed by atoms with E-state index in [1.165, 1.54) is 26.4 Å². The Morgan fingerprint density at radius 2 is 1.54 bits per heavy atom. The minimum absolute atomic E-state index is 0.231. The molecule has 7 nitrogen and oxygen atoms in total. The van der Waals surface area contributed by atoms with Crippen molar-refractivity contribution in [3.8, 4) is 11.5 Å². The number of imide groups is 1. The van der Waals surface area contributed by atoms with Crippen LogP contribution in [0.2, 0.25) is 0 Å². The molecule has 144 valence electrons. The van der Waals surface area contributed by atoms with E-state index in [1.54, 1.807) is 30.3 Å². The molecule has 0 aromatic heterocycles. The summed E-state index contributed by atoms with van der Waals surface area (Å²) in [6, 6.07) is 11.6. The zero-order valence-corrected chi connectivity index (χ0v) is 15.6. The Balaban J connectivity index is 1.62. The Morgan fingerprint density at radius 3 is 2.04 bits per heavy atom. The molecule has 0 spiro atoms. The highest BCUT2D eigenvalue weighted by atomic mass is 16.7. The van der Waals surface area contributed by atoms with Gasteiger partial charge in [-0.1, -0.05) is 29.7 Å². The molecule has 1 heterocycles. The fourth-order valence-electron chi connectivity index (χ4n) is 3.70. The number of hydroxylamine groups is 2. The van der Waals surface area contributed by atoms with Crippen molar-refractivity contribution in [2.75, 3.05) is 14.2 Å². The van der Waals surface area contributed by atoms with Gasteiger partial charge in [-0.25, -0.2) is 4.79 Å². The second-order valence-corrected chi connectivity index (χ2v) is 6.83. The third-order valence-electron chi connectivity index (χ3n) is 5.46. The Kier molecular flexibility index (Phi) is 4.30. The lowest BCUT2D eigenvalue weighted by Crippen LogP contribution is -2.47. The summed E-state index contributed by atoms with van der Waals surface area (Å²) in [5, 5.41) is 0.563. The standard InChI is InChI=1S/C21H19NO6/c1-26-16-9-8-13(12-17(16)27-2)21(10-5-11-21)20(25)28-22-18(23)14-6-3-4-7-15(14)19(22)24/h3-4,6-9,12H,5,10-11H2,1-2H3. The molecule has 0 unspecified atom stereocenters. The molecular formula is C21H19NO6. The van der Waals surface area contributed by atoms with E-state index in [4.69, 9.17) is 14.3 Å². The van der Waals surface area contributed by atoms with Crippen LogP contribution < -0.4 is 9.47 Å². The number of amides is 2. The average molecular weight is 381 g/mol. The SMILES string of the molecule is COc1ccc(C2(C(=O)ON3C(=O)c4ccccc4C3=O)CCC2)cc1OC. The molecule has 1 aliphatic heterocycles. The van der Waals surface area contributed by atoms with Crippen molar-refractivity contribution in [2.24, 2.45) is 0 Å². The van der Waals surface area contributed by atoms with Gasteiger partial charge in [-0.3, -0.25) is 9.59 Å². The second kappa shape index (κ2) is 6.67. The molecule has 1 saturated carbocycles. The highest BCUT2D eigenvalue weighted by Crippen LogP contribution is 2.47. The van der Waals surface area contributed by atoms with Gasteiger partial charge in [0, 0.05) is 0 Å². The molecule has 7 heteroatoms. The number of methoxy groups -OCH3 is 2. The second-order valence-electron chi connectivity index (χ2n) is 6.83. The number of hydrogen-bond donors (Lipinski definition) is 0. The van der Waals surface area contributed by atoms with E-state index in [1.807, 2.05) is 0 Å². The lowest BCUT2D eigenvalue weighted by molar-refractivity contribution is -0.179. The van der Waals surface area contributed by atoms with Gasteiger partial charge in [0.25, 0.3) is 11.8 Å². The summed E-state index contributed by atoms with van der Waals surface area (Å²) in [4.78, 5) is 43.4. The van der Waals surface area contributed by atoms with Gasteiger partial charge in [0.1, 0.15) is 0 Å². The fraction of sp³-hybridized carbons (Fsp3) is 0.286. The zero-order chi connectivity index (χ0) is 19.9. The van der Waals surface area contributed by atoms with Gasteiger partial charge in [-0.05, 0) is 42.7 Å². The van der Waals surface area contributed by atoms with E-state index in [0.29, 0.717) is 35.0 Å². The maximum absolute atomic E-state index is 13.1. The van der Waals surface area contributed by atoms with Crippen molar-refractivity contribution in [1.29, 1.82) is 0 Å². The van der Waals surface area contributed by atoms with Crippen LogP contribution in [0, 0.1) is 0 Å². The monoisotopic (exact) mass is 381 g/mol. The van der Waals surface area contributed by atoms with Gasteiger partial charge in [-0.2, -0.15) is 0 Å². The summed E-state index contributed by atoms with van der Waals surface area (Å²) >= 11 is 0. The van der Waals surface area contributed by atoms with Crippen LogP contribution in [0.4, 0.5) is 0 Å². The summed E-state index contributed by atoms with van der Waals surface area (Å²) < 4.78 is 10.6. The molecule has 1 fully saturated rings. The normalized spacial score (nSPS) is 17.0. The molecule has 2 aromatic carbocycles. The molecule has 28 heavy (non-hydrogen) atoms. The first-order valence-electron chi connectivity index (χ1n) is 8.94. The molecule has 2 aliphatic rings. The molecule has 2 aromatic rings. The van der Waals surface area contributed by atoms with Crippen molar-refractivity contribution in [3.63, 3.8) is 0 Å². The number of benzene rings is 2. The minimum atomic E-state index is -0.922. The molecule has 0 radical (unpaired) electrons. The summed E-state index contributed by atoms with van der Waals surface area (Å²) in [6.07, 6.45) is 1.96. The first kappa shape index (κ1) is 18.0. The molecule has 0 saturated heterocycles. The van der Waals surface area contributed by atoms with Crippen LogP contribution in [-0.2, 0) is 15.0 Å². The van der Waals surface area contributed by atoms with Crippen LogP contribution >= 0.6 is 0 Å². The number of carbonyl (C=O) groups excluding carboxylic acids is 3. The molecule has 0 N–H and O–H groups in total. The van der Waals surface area contributed by atoms with Gasteiger partial charge >= 0.3 is 5.97 Å². The van der Waals surface area contributed by atoms with Crippen molar-refractivity contribution >= 4 is 17.8 Å². The highest BCUT2D eigenvalue weighted by molar-refractivity contribution is 6.21. The van der Waals surface area contributed by atoms with E-state index >= 15 is 0 Å². The minimum Gasteiger partial charge on any atom is -0.493 e. The third kappa shape index (κ3) is 2.54. The predicted molar refractivity (Wildman–Crippen MR) is 98.1 cm³/mol. The topological polar surface area (TPSA) is 82.1 Å². The van der Waals surface area contributed by atoms with Gasteiger partial charge in [0.2, 0.25) is 0 Å². The van der Waals surface area contributed by atoms with Crippen LogP contribution in [0.25, 0.3) is 0 Å². The van der Waals surface area contributed by atoms with E-state index in [2.05, 4.69) is 0 Å². The zero-order valence-electron chi connectivity index (χ0n) is 15.6. The van der Waals surface area contributed by atoms with Gasteiger partial charge < -0.3 is 14.3 Å². The Hall–Kier alpha value is -3.35. The smallest absolute Gasteiger partial charge is 0.343 e. The number of fused-ring (bicyclic) bond motifs is 1. The summed E-state index contributed by atoms with van der Waals surface area (Å²) in [5.74, 6) is -0.832. The van der Waals surface area contributed by atoms with E-state index < -0.39 is 23.2 Å². The highest BCUT2D eigenvalue weighted by Gasteiger charge is 2.50. The van der Waals surface area contributed by atoms with Gasteiger partial charge in [-0.15, -0.1) is 0 Å². The first-order chi connectivity index (χ1) is 13.5. The fourth-order valence-corrected chi connectivity index (χ4v) is 3.70. The predicted octanol–water partition coefficient (Wildman–Crippen LogP) is 2.88. The molecule has 2 amide bonds. The van der Waals surface area contributed by atoms with E-state index in [0.717, 1.165) is 6.42 Å². The van der Waals surface area contributed by atoms with Crippen LogP contribution in [0.3, 0.4) is 0 Å². The Morgan fingerprint density at radius 1 is 0.929 bits per heavy atom. The van der Waals surface area contributed by atoms with E-state index in [-0.39, 0.29) is 11.1 Å². The Bertz CT molecular complexity index is 944.